The Morgan fingerprint density at radius 2 is 1.86 bits per heavy atom. The van der Waals surface area contributed by atoms with Gasteiger partial charge in [0.2, 0.25) is 0 Å². The van der Waals surface area contributed by atoms with E-state index < -0.39 is 24.3 Å². The number of rotatable bonds is 2. The van der Waals surface area contributed by atoms with Gasteiger partial charge >= 0.3 is 17.8 Å². The number of tetrazole rings is 1. The lowest BCUT2D eigenvalue weighted by atomic mass is 10.3. The highest BCUT2D eigenvalue weighted by molar-refractivity contribution is 4.75. The highest BCUT2D eigenvalue weighted by Gasteiger charge is 2.58. The molecule has 1 aromatic heterocycles. The SMILES string of the molecule is O=c1[nH]nnn1CC(F)(F)C(F)(F)F. The Bertz CT molecular complexity index is 364. The molecule has 0 atom stereocenters. The van der Waals surface area contributed by atoms with E-state index in [9.17, 15) is 26.7 Å². The summed E-state index contributed by atoms with van der Waals surface area (Å²) >= 11 is 0. The fraction of sp³-hybridized carbons (Fsp3) is 0.750. The summed E-state index contributed by atoms with van der Waals surface area (Å²) in [5.74, 6) is -5.01. The van der Waals surface area contributed by atoms with Crippen LogP contribution in [-0.2, 0) is 6.54 Å². The maximum Gasteiger partial charge on any atom is 0.455 e. The van der Waals surface area contributed by atoms with Crippen LogP contribution in [0.3, 0.4) is 0 Å². The first-order chi connectivity index (χ1) is 6.24. The molecule has 0 saturated carbocycles. The molecule has 0 unspecified atom stereocenters. The van der Waals surface area contributed by atoms with E-state index >= 15 is 0 Å². The van der Waals surface area contributed by atoms with Crippen molar-refractivity contribution in [1.29, 1.82) is 0 Å². The summed E-state index contributed by atoms with van der Waals surface area (Å²) in [5, 5.41) is 7.08. The Kier molecular flexibility index (Phi) is 2.29. The molecule has 0 radical (unpaired) electrons. The van der Waals surface area contributed by atoms with Crippen molar-refractivity contribution in [3.05, 3.63) is 10.5 Å². The Morgan fingerprint density at radius 3 is 2.21 bits per heavy atom. The first-order valence-electron chi connectivity index (χ1n) is 3.17. The number of hydrogen-bond donors (Lipinski definition) is 1. The van der Waals surface area contributed by atoms with Gasteiger partial charge in [-0.2, -0.15) is 26.6 Å². The number of aromatic nitrogens is 4. The van der Waals surface area contributed by atoms with Crippen molar-refractivity contribution in [3.8, 4) is 0 Å². The Balaban J connectivity index is 2.89. The van der Waals surface area contributed by atoms with E-state index in [4.69, 9.17) is 0 Å². The van der Waals surface area contributed by atoms with Crippen LogP contribution in [0.25, 0.3) is 0 Å². The van der Waals surface area contributed by atoms with Crippen LogP contribution in [0, 0.1) is 0 Å². The smallest absolute Gasteiger partial charge is 0.245 e. The summed E-state index contributed by atoms with van der Waals surface area (Å²) in [7, 11) is 0. The van der Waals surface area contributed by atoms with Gasteiger partial charge in [-0.05, 0) is 10.4 Å². The van der Waals surface area contributed by atoms with Crippen LogP contribution in [0.1, 0.15) is 0 Å². The summed E-state index contributed by atoms with van der Waals surface area (Å²) in [6.07, 6.45) is -5.72. The number of alkyl halides is 5. The molecule has 0 fully saturated rings. The van der Waals surface area contributed by atoms with E-state index in [0.717, 1.165) is 0 Å². The maximum atomic E-state index is 12.3. The second kappa shape index (κ2) is 3.03. The second-order valence-electron chi connectivity index (χ2n) is 2.37. The predicted octanol–water partition coefficient (Wildman–Crippen LogP) is 0.164. The van der Waals surface area contributed by atoms with Crippen molar-refractivity contribution in [2.24, 2.45) is 0 Å². The van der Waals surface area contributed by atoms with Gasteiger partial charge < -0.3 is 0 Å². The summed E-state index contributed by atoms with van der Waals surface area (Å²) in [6, 6.07) is 0. The number of H-pyrrole nitrogens is 1. The number of halogens is 5. The minimum atomic E-state index is -5.72. The van der Waals surface area contributed by atoms with Gasteiger partial charge in [-0.25, -0.2) is 9.89 Å². The highest BCUT2D eigenvalue weighted by Crippen LogP contribution is 2.35. The van der Waals surface area contributed by atoms with Crippen LogP contribution < -0.4 is 5.69 Å². The third kappa shape index (κ3) is 1.88. The maximum absolute atomic E-state index is 12.3. The van der Waals surface area contributed by atoms with Crippen LogP contribution in [0.2, 0.25) is 0 Å². The van der Waals surface area contributed by atoms with Crippen molar-refractivity contribution in [1.82, 2.24) is 20.2 Å². The molecular weight excluding hydrogens is 215 g/mol. The molecule has 0 aliphatic rings. The molecule has 0 amide bonds. The van der Waals surface area contributed by atoms with Gasteiger partial charge in [0.25, 0.3) is 0 Å². The van der Waals surface area contributed by atoms with E-state index in [1.165, 1.54) is 0 Å². The molecule has 1 N–H and O–H groups in total. The zero-order valence-electron chi connectivity index (χ0n) is 6.35. The number of aromatic amines is 1. The number of nitrogens with one attached hydrogen (secondary N) is 1. The quantitative estimate of drug-likeness (QED) is 0.719. The van der Waals surface area contributed by atoms with Gasteiger partial charge in [0, 0.05) is 0 Å². The fourth-order valence-electron chi connectivity index (χ4n) is 0.599. The molecule has 0 aliphatic carbocycles. The van der Waals surface area contributed by atoms with Gasteiger partial charge in [0.1, 0.15) is 6.54 Å². The zero-order chi connectivity index (χ0) is 11.0. The van der Waals surface area contributed by atoms with Crippen molar-refractivity contribution in [2.75, 3.05) is 0 Å². The first-order valence-corrected chi connectivity index (χ1v) is 3.17. The zero-order valence-corrected chi connectivity index (χ0v) is 6.35. The highest BCUT2D eigenvalue weighted by atomic mass is 19.4. The van der Waals surface area contributed by atoms with Gasteiger partial charge in [-0.1, -0.05) is 0 Å². The summed E-state index contributed by atoms with van der Waals surface area (Å²) < 4.78 is 59.4. The van der Waals surface area contributed by atoms with Gasteiger partial charge in [0.05, 0.1) is 0 Å². The molecule has 0 bridgehead atoms. The summed E-state index contributed by atoms with van der Waals surface area (Å²) in [5.41, 5.74) is -1.23. The van der Waals surface area contributed by atoms with Crippen molar-refractivity contribution < 1.29 is 22.0 Å². The van der Waals surface area contributed by atoms with Crippen LogP contribution in [0.4, 0.5) is 22.0 Å². The largest absolute Gasteiger partial charge is 0.455 e. The third-order valence-electron chi connectivity index (χ3n) is 1.30. The third-order valence-corrected chi connectivity index (χ3v) is 1.30. The first kappa shape index (κ1) is 10.6. The summed E-state index contributed by atoms with van der Waals surface area (Å²) in [4.78, 5) is 10.5. The second-order valence-corrected chi connectivity index (χ2v) is 2.37. The molecule has 1 heterocycles. The van der Waals surface area contributed by atoms with Crippen molar-refractivity contribution in [3.63, 3.8) is 0 Å². The lowest BCUT2D eigenvalue weighted by molar-refractivity contribution is -0.287. The Labute approximate surface area is 72.5 Å². The van der Waals surface area contributed by atoms with E-state index in [1.54, 1.807) is 5.10 Å². The van der Waals surface area contributed by atoms with Crippen molar-refractivity contribution >= 4 is 0 Å². The average Bonchev–Trinajstić information content (AvgIpc) is 2.33. The van der Waals surface area contributed by atoms with E-state index in [2.05, 4.69) is 10.4 Å². The Hall–Kier alpha value is -1.48. The lowest BCUT2D eigenvalue weighted by Gasteiger charge is -2.18. The van der Waals surface area contributed by atoms with E-state index in [1.807, 2.05) is 0 Å². The van der Waals surface area contributed by atoms with Crippen LogP contribution in [-0.4, -0.2) is 32.3 Å². The minimum Gasteiger partial charge on any atom is -0.245 e. The van der Waals surface area contributed by atoms with E-state index in [-0.39, 0.29) is 4.68 Å². The van der Waals surface area contributed by atoms with Crippen LogP contribution in [0.5, 0.6) is 0 Å². The molecule has 5 nitrogen and oxygen atoms in total. The Morgan fingerprint density at radius 1 is 1.29 bits per heavy atom. The fourth-order valence-corrected chi connectivity index (χ4v) is 0.599. The topological polar surface area (TPSA) is 63.6 Å². The molecule has 0 spiro atoms. The number of hydrogen-bond acceptors (Lipinski definition) is 3. The molecule has 1 aromatic rings. The molecule has 10 heteroatoms. The molecular formula is C4H3F5N4O. The monoisotopic (exact) mass is 218 g/mol. The molecule has 80 valence electrons. The predicted molar refractivity (Wildman–Crippen MR) is 31.6 cm³/mol. The molecule has 0 saturated heterocycles. The van der Waals surface area contributed by atoms with Gasteiger partial charge in [-0.3, -0.25) is 0 Å². The molecule has 14 heavy (non-hydrogen) atoms. The molecule has 1 rings (SSSR count). The summed E-state index contributed by atoms with van der Waals surface area (Å²) in [6.45, 7) is -1.88. The van der Waals surface area contributed by atoms with Crippen LogP contribution >= 0.6 is 0 Å². The minimum absolute atomic E-state index is 0.104. The van der Waals surface area contributed by atoms with E-state index in [0.29, 0.717) is 0 Å². The normalized spacial score (nSPS) is 13.2. The van der Waals surface area contributed by atoms with Gasteiger partial charge in [-0.15, -0.1) is 0 Å². The van der Waals surface area contributed by atoms with Gasteiger partial charge in [0.15, 0.2) is 0 Å². The standard InChI is InChI=1S/C4H3F5N4O/c5-3(6,4(7,8)9)1-13-2(14)10-11-12-13/h1H2,(H,10,12,14). The molecule has 0 aromatic carbocycles. The lowest BCUT2D eigenvalue weighted by Crippen LogP contribution is -2.42. The molecule has 0 aliphatic heterocycles. The average molecular weight is 218 g/mol. The van der Waals surface area contributed by atoms with Crippen molar-refractivity contribution in [2.45, 2.75) is 18.6 Å². The van der Waals surface area contributed by atoms with Crippen LogP contribution in [0.15, 0.2) is 4.79 Å². The number of nitrogens with zero attached hydrogens (tertiary/aromatic N) is 3.